The second-order valence-electron chi connectivity index (χ2n) is 1.81. The molecule has 1 radical (unpaired) electrons. The van der Waals surface area contributed by atoms with E-state index in [1.807, 2.05) is 0 Å². The van der Waals surface area contributed by atoms with E-state index in [1.54, 1.807) is 0 Å². The highest BCUT2D eigenvalue weighted by atomic mass is 32.2. The van der Waals surface area contributed by atoms with Gasteiger partial charge in [-0.15, -0.1) is 0 Å². The molecule has 0 aromatic rings. The molecule has 1 saturated carbocycles. The van der Waals surface area contributed by atoms with Gasteiger partial charge < -0.3 is 0 Å². The molecule has 1 aliphatic carbocycles. The van der Waals surface area contributed by atoms with Gasteiger partial charge in [0.05, 0.1) is 5.25 Å². The van der Waals surface area contributed by atoms with Gasteiger partial charge in [0.1, 0.15) is 0 Å². The van der Waals surface area contributed by atoms with Crippen LogP contribution in [0.5, 0.6) is 0 Å². The summed E-state index contributed by atoms with van der Waals surface area (Å²) < 4.78 is 20.7. The van der Waals surface area contributed by atoms with Gasteiger partial charge in [0, 0.05) is 6.26 Å². The van der Waals surface area contributed by atoms with Crippen molar-refractivity contribution >= 4 is 9.84 Å². The van der Waals surface area contributed by atoms with Gasteiger partial charge in [-0.05, 0) is 12.8 Å². The average Bonchev–Trinajstić information content (AvgIpc) is 1.99. The molecule has 0 aliphatic heterocycles. The maximum atomic E-state index is 10.4. The van der Waals surface area contributed by atoms with Gasteiger partial charge in [0.15, 0.2) is 9.84 Å². The van der Waals surface area contributed by atoms with E-state index in [0.717, 1.165) is 12.8 Å². The van der Waals surface area contributed by atoms with Crippen LogP contribution in [0.2, 0.25) is 0 Å². The minimum atomic E-state index is -2.71. The van der Waals surface area contributed by atoms with Crippen LogP contribution in [-0.4, -0.2) is 14.7 Å². The van der Waals surface area contributed by atoms with Crippen molar-refractivity contribution in [1.29, 1.82) is 0 Å². The summed E-state index contributed by atoms with van der Waals surface area (Å²) in [6.45, 7) is 0. The van der Waals surface area contributed by atoms with Crippen LogP contribution >= 0.6 is 0 Å². The van der Waals surface area contributed by atoms with Crippen molar-refractivity contribution in [3.8, 4) is 0 Å². The smallest absolute Gasteiger partial charge is 0.154 e. The molecule has 1 aliphatic rings. The Labute approximate surface area is 43.5 Å². The van der Waals surface area contributed by atoms with Gasteiger partial charge in [-0.2, -0.15) is 0 Å². The molecule has 0 N–H and O–H groups in total. The summed E-state index contributed by atoms with van der Waals surface area (Å²) in [5.41, 5.74) is 0. The Bertz CT molecular complexity index is 153. The number of rotatable bonds is 1. The topological polar surface area (TPSA) is 34.1 Å². The summed E-state index contributed by atoms with van der Waals surface area (Å²) in [6, 6.07) is 0. The maximum absolute atomic E-state index is 10.4. The summed E-state index contributed by atoms with van der Waals surface area (Å²) in [5.74, 6) is 0. The van der Waals surface area contributed by atoms with Crippen molar-refractivity contribution in [2.24, 2.45) is 0 Å². The van der Waals surface area contributed by atoms with Crippen LogP contribution in [0.4, 0.5) is 0 Å². The molecule has 7 heavy (non-hydrogen) atoms. The summed E-state index contributed by atoms with van der Waals surface area (Å²) in [5, 5.41) is 0.715. The molecule has 1 fully saturated rings. The molecule has 0 heterocycles. The van der Waals surface area contributed by atoms with E-state index in [1.165, 1.54) is 6.26 Å². The molecule has 41 valence electrons. The van der Waals surface area contributed by atoms with Crippen molar-refractivity contribution in [2.45, 2.75) is 12.8 Å². The zero-order valence-electron chi connectivity index (χ0n) is 4.14. The van der Waals surface area contributed by atoms with Gasteiger partial charge in [-0.3, -0.25) is 0 Å². The first-order chi connectivity index (χ1) is 3.11. The number of hydrogen-bond acceptors (Lipinski definition) is 2. The molecular weight excluding hydrogens is 112 g/mol. The van der Waals surface area contributed by atoms with Crippen LogP contribution in [0, 0.1) is 5.25 Å². The number of sulfone groups is 1. The second kappa shape index (κ2) is 1.22. The lowest BCUT2D eigenvalue weighted by atomic mass is 11.0. The van der Waals surface area contributed by atoms with E-state index in [0.29, 0.717) is 5.25 Å². The Morgan fingerprint density at radius 1 is 1.43 bits per heavy atom. The molecule has 0 bridgehead atoms. The monoisotopic (exact) mass is 119 g/mol. The van der Waals surface area contributed by atoms with E-state index in [2.05, 4.69) is 0 Å². The standard InChI is InChI=1S/C4H7O2S/c1-7(5,6)4-2-3-4/h2-3H2,1H3. The summed E-state index contributed by atoms with van der Waals surface area (Å²) in [6.07, 6.45) is 2.87. The Balaban J connectivity index is 2.71. The largest absolute Gasteiger partial charge is 0.228 e. The van der Waals surface area contributed by atoms with Crippen LogP contribution in [-0.2, 0) is 9.84 Å². The molecule has 2 nitrogen and oxygen atoms in total. The van der Waals surface area contributed by atoms with E-state index in [4.69, 9.17) is 0 Å². The average molecular weight is 119 g/mol. The van der Waals surface area contributed by atoms with Crippen LogP contribution in [0.25, 0.3) is 0 Å². The molecule has 0 atom stereocenters. The molecule has 0 amide bonds. The zero-order chi connectivity index (χ0) is 5.49. The van der Waals surface area contributed by atoms with Crippen LogP contribution in [0.1, 0.15) is 12.8 Å². The Kier molecular flexibility index (Phi) is 0.885. The first-order valence-corrected chi connectivity index (χ1v) is 4.04. The van der Waals surface area contributed by atoms with Gasteiger partial charge in [-0.25, -0.2) is 8.42 Å². The van der Waals surface area contributed by atoms with E-state index in [-0.39, 0.29) is 0 Å². The Morgan fingerprint density at radius 2 is 1.86 bits per heavy atom. The van der Waals surface area contributed by atoms with Crippen molar-refractivity contribution in [2.75, 3.05) is 6.26 Å². The van der Waals surface area contributed by atoms with Gasteiger partial charge in [-0.1, -0.05) is 0 Å². The third-order valence-corrected chi connectivity index (χ3v) is 2.44. The fourth-order valence-electron chi connectivity index (χ4n) is 0.422. The van der Waals surface area contributed by atoms with Gasteiger partial charge >= 0.3 is 0 Å². The third kappa shape index (κ3) is 1.16. The van der Waals surface area contributed by atoms with Crippen LogP contribution in [0.15, 0.2) is 0 Å². The molecule has 0 aromatic carbocycles. The lowest BCUT2D eigenvalue weighted by Gasteiger charge is -1.83. The molecule has 0 saturated heterocycles. The number of hydrogen-bond donors (Lipinski definition) is 0. The normalized spacial score (nSPS) is 22.4. The molecule has 0 aromatic heterocycles. The Morgan fingerprint density at radius 3 is 1.86 bits per heavy atom. The molecule has 1 rings (SSSR count). The highest BCUT2D eigenvalue weighted by Gasteiger charge is 2.32. The SMILES string of the molecule is CS(=O)(=O)[C]1CC1. The van der Waals surface area contributed by atoms with Crippen LogP contribution in [0.3, 0.4) is 0 Å². The van der Waals surface area contributed by atoms with Crippen LogP contribution < -0.4 is 0 Å². The Hall–Kier alpha value is -0.0500. The molecule has 3 heteroatoms. The first-order valence-electron chi connectivity index (χ1n) is 2.15. The zero-order valence-corrected chi connectivity index (χ0v) is 4.96. The fraction of sp³-hybridized carbons (Fsp3) is 0.750. The summed E-state index contributed by atoms with van der Waals surface area (Å²) >= 11 is 0. The first kappa shape index (κ1) is 5.09. The predicted molar refractivity (Wildman–Crippen MR) is 27.3 cm³/mol. The van der Waals surface area contributed by atoms with Crippen molar-refractivity contribution in [1.82, 2.24) is 0 Å². The van der Waals surface area contributed by atoms with E-state index >= 15 is 0 Å². The lowest BCUT2D eigenvalue weighted by Crippen LogP contribution is -1.93. The van der Waals surface area contributed by atoms with Gasteiger partial charge in [0.2, 0.25) is 0 Å². The summed E-state index contributed by atoms with van der Waals surface area (Å²) in [7, 11) is -2.71. The second-order valence-corrected chi connectivity index (χ2v) is 3.93. The summed E-state index contributed by atoms with van der Waals surface area (Å²) in [4.78, 5) is 0. The van der Waals surface area contributed by atoms with Crippen molar-refractivity contribution in [3.63, 3.8) is 0 Å². The van der Waals surface area contributed by atoms with E-state index < -0.39 is 9.84 Å². The molecule has 0 unspecified atom stereocenters. The molecule has 0 spiro atoms. The quantitative estimate of drug-likeness (QED) is 0.499. The van der Waals surface area contributed by atoms with Gasteiger partial charge in [0.25, 0.3) is 0 Å². The third-order valence-electron chi connectivity index (χ3n) is 0.979. The lowest BCUT2D eigenvalue weighted by molar-refractivity contribution is 0.606. The highest BCUT2D eigenvalue weighted by Crippen LogP contribution is 2.36. The van der Waals surface area contributed by atoms with E-state index in [9.17, 15) is 8.42 Å². The van der Waals surface area contributed by atoms with Crippen molar-refractivity contribution in [3.05, 3.63) is 5.25 Å². The van der Waals surface area contributed by atoms with Crippen molar-refractivity contribution < 1.29 is 8.42 Å². The molecular formula is C4H7O2S. The minimum absolute atomic E-state index is 0.715. The predicted octanol–water partition coefficient (Wildman–Crippen LogP) is 0.357. The maximum Gasteiger partial charge on any atom is 0.154 e. The fourth-order valence-corrected chi connectivity index (χ4v) is 1.27. The minimum Gasteiger partial charge on any atom is -0.228 e. The highest BCUT2D eigenvalue weighted by molar-refractivity contribution is 7.93.